The summed E-state index contributed by atoms with van der Waals surface area (Å²) in [5.74, 6) is 0. The van der Waals surface area contributed by atoms with Crippen molar-refractivity contribution < 1.29 is 24.7 Å². The minimum absolute atomic E-state index is 0.0827. The number of pyridine rings is 1. The van der Waals surface area contributed by atoms with Crippen molar-refractivity contribution in [1.82, 2.24) is 9.55 Å². The summed E-state index contributed by atoms with van der Waals surface area (Å²) in [6.45, 7) is 24.8. The molecule has 12 aromatic carbocycles. The van der Waals surface area contributed by atoms with Gasteiger partial charge in [-0.25, -0.2) is 0 Å². The second-order valence-corrected chi connectivity index (χ2v) is 29.9. The van der Waals surface area contributed by atoms with E-state index in [-0.39, 0.29) is 49.7 Å². The SMILES string of the molecule is [2H]c1c([2H])c([2H])c(-c2ccc3c(c2)N(c2c(-c4ccccc4)cc(C(C)(C)C)cc2-c2ccccc2)c2cc(-n4c5c([2H])c([2H])c([2H])c([2H])c5c5c([2H])c([2H])c([2H])c([2H])c54)cc4c2B3c2ccc(-c3c([2H])c([2H])c([2H])c([2H])c3[2H])cc2N4c2c(-c3ccccc3)cc(C(C)(C)C)cc2-c2cc(C(C)(C)C)nc(C(C)(C)C)c2)c([2H])c1[2H]. The van der Waals surface area contributed by atoms with Crippen LogP contribution < -0.4 is 26.2 Å². The van der Waals surface area contributed by atoms with Gasteiger partial charge in [-0.15, -0.1) is 0 Å². The Morgan fingerprint density at radius 3 is 1.04 bits per heavy atom. The van der Waals surface area contributed by atoms with E-state index in [1.807, 2.05) is 127 Å². The highest BCUT2D eigenvalue weighted by Gasteiger charge is 2.46. The number of rotatable bonds is 9. The van der Waals surface area contributed by atoms with Crippen LogP contribution in [-0.2, 0) is 21.7 Å². The second-order valence-electron chi connectivity index (χ2n) is 29.9. The van der Waals surface area contributed by atoms with Gasteiger partial charge in [-0.3, -0.25) is 4.98 Å². The van der Waals surface area contributed by atoms with Crippen LogP contribution >= 0.6 is 0 Å². The van der Waals surface area contributed by atoms with Crippen molar-refractivity contribution in [1.29, 1.82) is 0 Å². The standard InChI is InChI=1S/C93H83BN4/c1-90(2,3)68-54-73(62-36-22-15-23-37-62)88(74(55-68)63-38-24-16-25-39-63)97-81-50-65(60-32-18-13-19-33-60)46-48-77(81)94-78-49-47-66(61-34-20-14-21-35-61)51-82(78)98(84-59-70(58-83(97)87(84)94)96-79-44-30-28-42-71(79)72-43-29-31-45-80(72)96)89-75(64-40-26-17-27-41-64)56-69(91(4,5)6)57-76(89)67-52-85(92(7,8)9)95-86(53-67)93(10,11)12/h13-59H,1-12H3/i13D,14D,18D,19D,20D,21D,28D,29D,30D,31D,32D,33D,34D,35D,42D,43D,44D,45D. The molecule has 0 atom stereocenters. The first-order chi connectivity index (χ1) is 54.6. The lowest BCUT2D eigenvalue weighted by atomic mass is 9.33. The van der Waals surface area contributed by atoms with Crippen LogP contribution in [0.5, 0.6) is 0 Å². The normalized spacial score (nSPS) is 15.6. The minimum atomic E-state index is -0.921. The molecular weight excluding hydrogens is 1180 g/mol. The molecule has 0 unspecified atom stereocenters. The molecule has 98 heavy (non-hydrogen) atoms. The number of fused-ring (bicyclic) bond motifs is 7. The summed E-state index contributed by atoms with van der Waals surface area (Å²) in [6.07, 6.45) is 0. The van der Waals surface area contributed by atoms with Crippen LogP contribution in [0.2, 0.25) is 0 Å². The lowest BCUT2D eigenvalue weighted by Crippen LogP contribution is -2.61. The van der Waals surface area contributed by atoms with E-state index < -0.39 is 137 Å². The maximum absolute atomic E-state index is 10.2. The lowest BCUT2D eigenvalue weighted by molar-refractivity contribution is 0.531. The molecule has 0 radical (unpaired) electrons. The number of nitrogens with zero attached hydrogens (tertiary/aromatic N) is 4. The highest BCUT2D eigenvalue weighted by Crippen LogP contribution is 2.56. The highest BCUT2D eigenvalue weighted by molar-refractivity contribution is 7.00. The molecule has 0 saturated heterocycles. The van der Waals surface area contributed by atoms with Gasteiger partial charge >= 0.3 is 0 Å². The van der Waals surface area contributed by atoms with Gasteiger partial charge in [0.2, 0.25) is 0 Å². The summed E-state index contributed by atoms with van der Waals surface area (Å²) in [4.78, 5) is 9.76. The van der Waals surface area contributed by atoms with Crippen LogP contribution in [0.15, 0.2) is 285 Å². The number of benzene rings is 12. The maximum Gasteiger partial charge on any atom is 0.252 e. The van der Waals surface area contributed by atoms with Crippen molar-refractivity contribution in [3.63, 3.8) is 0 Å². The summed E-state index contributed by atoms with van der Waals surface area (Å²) < 4.78 is 173. The topological polar surface area (TPSA) is 24.3 Å². The Hall–Kier alpha value is -10.7. The Morgan fingerprint density at radius 1 is 0.316 bits per heavy atom. The molecule has 478 valence electrons. The smallest absolute Gasteiger partial charge is 0.252 e. The summed E-state index contributed by atoms with van der Waals surface area (Å²) in [6, 6.07) is 48.0. The fourth-order valence-corrected chi connectivity index (χ4v) is 14.2. The van der Waals surface area contributed by atoms with Gasteiger partial charge in [0.15, 0.2) is 0 Å². The number of hydrogen-bond acceptors (Lipinski definition) is 3. The second kappa shape index (κ2) is 23.5. The summed E-state index contributed by atoms with van der Waals surface area (Å²) in [7, 11) is 0. The molecule has 4 nitrogen and oxygen atoms in total. The van der Waals surface area contributed by atoms with Gasteiger partial charge in [-0.2, -0.15) is 0 Å². The van der Waals surface area contributed by atoms with Crippen LogP contribution in [0.25, 0.3) is 94.3 Å². The Kier molecular flexibility index (Phi) is 10.8. The third kappa shape index (κ3) is 10.8. The van der Waals surface area contributed by atoms with Crippen molar-refractivity contribution in [3.8, 4) is 72.4 Å². The zero-order valence-corrected chi connectivity index (χ0v) is 57.1. The zero-order chi connectivity index (χ0) is 83.2. The van der Waals surface area contributed by atoms with E-state index in [0.717, 1.165) is 67.0 Å². The third-order valence-electron chi connectivity index (χ3n) is 19.3. The average Bonchev–Trinajstić information content (AvgIpc) is 1.26. The van der Waals surface area contributed by atoms with Crippen molar-refractivity contribution >= 4 is 79.0 Å². The molecule has 0 spiro atoms. The largest absolute Gasteiger partial charge is 0.310 e. The lowest BCUT2D eigenvalue weighted by Gasteiger charge is -2.46. The van der Waals surface area contributed by atoms with Crippen LogP contribution in [0, 0.1) is 0 Å². The Bertz CT molecular complexity index is 6330. The van der Waals surface area contributed by atoms with Gasteiger partial charge in [0.25, 0.3) is 6.71 Å². The van der Waals surface area contributed by atoms with Gasteiger partial charge in [0, 0.05) is 78.0 Å². The van der Waals surface area contributed by atoms with Gasteiger partial charge in [0.05, 0.1) is 52.8 Å². The van der Waals surface area contributed by atoms with E-state index in [1.165, 1.54) is 4.57 Å². The molecule has 0 saturated carbocycles. The Morgan fingerprint density at radius 2 is 0.673 bits per heavy atom. The summed E-state index contributed by atoms with van der Waals surface area (Å²) in [5, 5.41) is -0.329. The van der Waals surface area contributed by atoms with E-state index in [0.29, 0.717) is 50.5 Å². The molecular formula is C93H83BN4. The van der Waals surface area contributed by atoms with E-state index in [9.17, 15) is 21.9 Å². The molecule has 16 rings (SSSR count). The quantitative estimate of drug-likeness (QED) is 0.135. The monoisotopic (exact) mass is 1280 g/mol. The molecule has 2 aromatic heterocycles. The molecule has 2 aliphatic rings. The van der Waals surface area contributed by atoms with Crippen molar-refractivity contribution in [3.05, 3.63) is 307 Å². The zero-order valence-electron chi connectivity index (χ0n) is 75.1. The maximum atomic E-state index is 10.2. The Labute approximate surface area is 605 Å². The molecule has 14 aromatic rings. The number of aromatic nitrogens is 2. The first-order valence-corrected chi connectivity index (χ1v) is 33.4. The fourth-order valence-electron chi connectivity index (χ4n) is 14.2. The van der Waals surface area contributed by atoms with Gasteiger partial charge in [0.1, 0.15) is 0 Å². The molecule has 5 heteroatoms. The van der Waals surface area contributed by atoms with Gasteiger partial charge in [-0.1, -0.05) is 295 Å². The van der Waals surface area contributed by atoms with Crippen LogP contribution in [0.3, 0.4) is 0 Å². The molecule has 4 heterocycles. The molecule has 0 amide bonds. The molecule has 0 N–H and O–H groups in total. The van der Waals surface area contributed by atoms with Crippen LogP contribution in [0.4, 0.5) is 34.1 Å². The summed E-state index contributed by atoms with van der Waals surface area (Å²) >= 11 is 0. The number of hydrogen-bond donors (Lipinski definition) is 0. The predicted octanol–water partition coefficient (Wildman–Crippen LogP) is 23.5. The highest BCUT2D eigenvalue weighted by atomic mass is 15.2. The van der Waals surface area contributed by atoms with Crippen LogP contribution in [-0.4, -0.2) is 16.3 Å². The van der Waals surface area contributed by atoms with Crippen molar-refractivity contribution in [2.24, 2.45) is 0 Å². The van der Waals surface area contributed by atoms with E-state index >= 15 is 0 Å². The Balaban J connectivity index is 1.22. The molecule has 0 bridgehead atoms. The van der Waals surface area contributed by atoms with Crippen molar-refractivity contribution in [2.75, 3.05) is 9.80 Å². The first kappa shape index (κ1) is 44.9. The molecule has 2 aliphatic heterocycles. The fraction of sp³-hybridized carbons (Fsp3) is 0.172. The average molecular weight is 1290 g/mol. The predicted molar refractivity (Wildman–Crippen MR) is 420 cm³/mol. The number of para-hydroxylation sites is 2. The van der Waals surface area contributed by atoms with E-state index in [2.05, 4.69) is 129 Å². The number of anilines is 6. The molecule has 0 fully saturated rings. The molecule has 0 aliphatic carbocycles. The minimum Gasteiger partial charge on any atom is -0.310 e. The van der Waals surface area contributed by atoms with Gasteiger partial charge in [-0.05, 0) is 156 Å². The van der Waals surface area contributed by atoms with E-state index in [4.69, 9.17) is 7.73 Å². The van der Waals surface area contributed by atoms with Crippen LogP contribution in [0.1, 0.15) is 130 Å². The third-order valence-corrected chi connectivity index (χ3v) is 19.3. The van der Waals surface area contributed by atoms with E-state index in [1.54, 1.807) is 12.1 Å². The summed E-state index contributed by atoms with van der Waals surface area (Å²) in [5.41, 5.74) is 12.5. The van der Waals surface area contributed by atoms with Crippen molar-refractivity contribution in [2.45, 2.75) is 105 Å². The van der Waals surface area contributed by atoms with Gasteiger partial charge < -0.3 is 14.4 Å². The first-order valence-electron chi connectivity index (χ1n) is 42.4.